The molecule has 0 saturated carbocycles. The molecule has 3 aromatic rings. The van der Waals surface area contributed by atoms with Crippen molar-refractivity contribution in [1.82, 2.24) is 4.57 Å². The number of esters is 1. The maximum absolute atomic E-state index is 13.7. The molecule has 0 fully saturated rings. The van der Waals surface area contributed by atoms with Gasteiger partial charge in [0.15, 0.2) is 16.3 Å². The fraction of sp³-hybridized carbons (Fsp3) is 0.276. The zero-order chi connectivity index (χ0) is 26.7. The number of aromatic nitrogens is 1. The van der Waals surface area contributed by atoms with Gasteiger partial charge in [-0.25, -0.2) is 9.79 Å². The van der Waals surface area contributed by atoms with Crippen LogP contribution in [0.1, 0.15) is 49.4 Å². The molecule has 1 aromatic heterocycles. The van der Waals surface area contributed by atoms with E-state index in [1.165, 1.54) is 24.0 Å². The number of hydrogen-bond donors (Lipinski definition) is 0. The first-order chi connectivity index (χ1) is 17.8. The molecule has 37 heavy (non-hydrogen) atoms. The minimum atomic E-state index is -0.642. The van der Waals surface area contributed by atoms with Crippen molar-refractivity contribution in [2.24, 2.45) is 4.99 Å². The van der Waals surface area contributed by atoms with Crippen molar-refractivity contribution in [3.05, 3.63) is 103 Å². The Labute approximate surface area is 219 Å². The topological polar surface area (TPSA) is 79.1 Å². The van der Waals surface area contributed by atoms with Crippen molar-refractivity contribution in [3.63, 3.8) is 0 Å². The smallest absolute Gasteiger partial charge is 0.338 e. The number of methoxy groups -OCH3 is 2. The van der Waals surface area contributed by atoms with Gasteiger partial charge in [0, 0.05) is 0 Å². The van der Waals surface area contributed by atoms with Crippen LogP contribution in [-0.4, -0.2) is 31.4 Å². The summed E-state index contributed by atoms with van der Waals surface area (Å²) >= 11 is 1.28. The lowest BCUT2D eigenvalue weighted by atomic mass is 9.93. The lowest BCUT2D eigenvalue weighted by Crippen LogP contribution is -2.39. The lowest BCUT2D eigenvalue weighted by Gasteiger charge is -2.24. The molecule has 0 bridgehead atoms. The summed E-state index contributed by atoms with van der Waals surface area (Å²) in [6, 6.07) is 12.8. The highest BCUT2D eigenvalue weighted by Crippen LogP contribution is 2.32. The minimum Gasteiger partial charge on any atom is -0.493 e. The number of rotatable bonds is 8. The largest absolute Gasteiger partial charge is 0.493 e. The quantitative estimate of drug-likeness (QED) is 0.331. The summed E-state index contributed by atoms with van der Waals surface area (Å²) in [7, 11) is 2.90. The van der Waals surface area contributed by atoms with Gasteiger partial charge in [-0.1, -0.05) is 68.2 Å². The molecule has 1 atom stereocenters. The number of hydrogen-bond acceptors (Lipinski definition) is 7. The normalized spacial score (nSPS) is 15.3. The molecule has 1 aliphatic heterocycles. The van der Waals surface area contributed by atoms with Crippen molar-refractivity contribution in [2.75, 3.05) is 20.8 Å². The summed E-state index contributed by atoms with van der Waals surface area (Å²) in [4.78, 5) is 31.7. The minimum absolute atomic E-state index is 0.235. The zero-order valence-electron chi connectivity index (χ0n) is 21.6. The molecule has 1 unspecified atom stereocenters. The summed E-state index contributed by atoms with van der Waals surface area (Å²) in [5, 5.41) is 0. The van der Waals surface area contributed by atoms with Crippen LogP contribution >= 0.6 is 11.3 Å². The van der Waals surface area contributed by atoms with Crippen molar-refractivity contribution < 1.29 is 19.0 Å². The molecular formula is C29H30N2O5S. The first-order valence-corrected chi connectivity index (χ1v) is 12.7. The lowest BCUT2D eigenvalue weighted by molar-refractivity contribution is -0.136. The van der Waals surface area contributed by atoms with Crippen molar-refractivity contribution >= 4 is 23.4 Å². The Morgan fingerprint density at radius 2 is 1.89 bits per heavy atom. The summed E-state index contributed by atoms with van der Waals surface area (Å²) in [6.07, 6.45) is 3.45. The fourth-order valence-electron chi connectivity index (χ4n) is 4.26. The van der Waals surface area contributed by atoms with Crippen LogP contribution in [-0.2, 0) is 9.53 Å². The van der Waals surface area contributed by atoms with Crippen LogP contribution in [0.2, 0.25) is 0 Å². The molecule has 8 heteroatoms. The van der Waals surface area contributed by atoms with E-state index in [1.54, 1.807) is 36.8 Å². The molecule has 0 radical (unpaired) electrons. The van der Waals surface area contributed by atoms with Crippen molar-refractivity contribution in [1.29, 1.82) is 0 Å². The van der Waals surface area contributed by atoms with Gasteiger partial charge >= 0.3 is 5.97 Å². The number of carbonyl (C=O) groups excluding carboxylic acids is 1. The monoisotopic (exact) mass is 518 g/mol. The Morgan fingerprint density at radius 3 is 2.51 bits per heavy atom. The molecule has 0 aliphatic carbocycles. The zero-order valence-corrected chi connectivity index (χ0v) is 22.4. The summed E-state index contributed by atoms with van der Waals surface area (Å²) < 4.78 is 18.3. The van der Waals surface area contributed by atoms with Gasteiger partial charge in [-0.3, -0.25) is 9.36 Å². The first kappa shape index (κ1) is 26.2. The Hall–Kier alpha value is -3.91. The molecule has 0 amide bonds. The van der Waals surface area contributed by atoms with E-state index >= 15 is 0 Å². The van der Waals surface area contributed by atoms with Gasteiger partial charge in [-0.15, -0.1) is 0 Å². The molecule has 1 aliphatic rings. The molecule has 0 spiro atoms. The van der Waals surface area contributed by atoms with E-state index in [0.29, 0.717) is 44.6 Å². The summed E-state index contributed by atoms with van der Waals surface area (Å²) in [5.74, 6) is 0.992. The Bertz CT molecular complexity index is 1540. The van der Waals surface area contributed by atoms with Gasteiger partial charge < -0.3 is 14.2 Å². The number of allylic oxidation sites excluding steroid dienone is 1. The third-order valence-corrected chi connectivity index (χ3v) is 7.17. The van der Waals surface area contributed by atoms with Crippen LogP contribution in [0.3, 0.4) is 0 Å². The van der Waals surface area contributed by atoms with E-state index in [1.807, 2.05) is 36.4 Å². The standard InChI is InChI=1S/C29H30N2O5S/c1-7-14-36-22-13-8-19(15-23(22)34-5)16-24-27(32)31-26(21-11-9-20(10-12-21)17(2)3)25(28(33)35-6)18(4)30-29(31)37-24/h7-13,15-17,26H,1,14H2,2-6H3/b24-16-. The number of carbonyl (C=O) groups is 1. The SMILES string of the molecule is C=CCOc1ccc(/C=c2\sc3n(c2=O)C(c2ccc(C(C)C)cc2)C(C(=O)OC)=C(C)N=3)cc1OC. The Morgan fingerprint density at radius 1 is 1.16 bits per heavy atom. The number of ether oxygens (including phenoxy) is 3. The summed E-state index contributed by atoms with van der Waals surface area (Å²) in [5.41, 5.74) is 3.41. The average Bonchev–Trinajstić information content (AvgIpc) is 3.20. The predicted octanol–water partition coefficient (Wildman–Crippen LogP) is 4.11. The Balaban J connectivity index is 1.87. The molecule has 7 nitrogen and oxygen atoms in total. The van der Waals surface area contributed by atoms with Crippen LogP contribution in [0.15, 0.2) is 76.2 Å². The van der Waals surface area contributed by atoms with Crippen LogP contribution < -0.4 is 24.4 Å². The third-order valence-electron chi connectivity index (χ3n) is 6.19. The van der Waals surface area contributed by atoms with E-state index in [9.17, 15) is 9.59 Å². The average molecular weight is 519 g/mol. The van der Waals surface area contributed by atoms with Gasteiger partial charge in [-0.2, -0.15) is 0 Å². The highest BCUT2D eigenvalue weighted by atomic mass is 32.1. The molecule has 4 rings (SSSR count). The molecule has 0 N–H and O–H groups in total. The first-order valence-electron chi connectivity index (χ1n) is 11.9. The van der Waals surface area contributed by atoms with E-state index < -0.39 is 12.0 Å². The van der Waals surface area contributed by atoms with E-state index in [4.69, 9.17) is 14.2 Å². The highest BCUT2D eigenvalue weighted by Gasteiger charge is 2.33. The van der Waals surface area contributed by atoms with Gasteiger partial charge in [0.2, 0.25) is 0 Å². The van der Waals surface area contributed by atoms with Crippen LogP contribution in [0, 0.1) is 0 Å². The molecule has 2 heterocycles. The van der Waals surface area contributed by atoms with E-state index in [0.717, 1.165) is 11.1 Å². The second kappa shape index (κ2) is 11.0. The third kappa shape index (κ3) is 5.15. The fourth-order valence-corrected chi connectivity index (χ4v) is 5.31. The van der Waals surface area contributed by atoms with Crippen LogP contribution in [0.25, 0.3) is 6.08 Å². The molecular weight excluding hydrogens is 488 g/mol. The van der Waals surface area contributed by atoms with E-state index in [-0.39, 0.29) is 5.56 Å². The second-order valence-electron chi connectivity index (χ2n) is 8.90. The van der Waals surface area contributed by atoms with Crippen LogP contribution in [0.5, 0.6) is 11.5 Å². The number of benzene rings is 2. The maximum Gasteiger partial charge on any atom is 0.338 e. The van der Waals surface area contributed by atoms with Gasteiger partial charge in [0.05, 0.1) is 36.1 Å². The molecule has 2 aromatic carbocycles. The van der Waals surface area contributed by atoms with Gasteiger partial charge in [0.25, 0.3) is 5.56 Å². The number of thiazole rings is 1. The van der Waals surface area contributed by atoms with Gasteiger partial charge in [0.1, 0.15) is 6.61 Å². The Kier molecular flexibility index (Phi) is 7.78. The molecule has 192 valence electrons. The predicted molar refractivity (Wildman–Crippen MR) is 145 cm³/mol. The van der Waals surface area contributed by atoms with Gasteiger partial charge in [-0.05, 0) is 47.7 Å². The van der Waals surface area contributed by atoms with Crippen molar-refractivity contribution in [3.8, 4) is 11.5 Å². The summed E-state index contributed by atoms with van der Waals surface area (Å²) in [6.45, 7) is 10.0. The highest BCUT2D eigenvalue weighted by molar-refractivity contribution is 7.07. The second-order valence-corrected chi connectivity index (χ2v) is 9.91. The number of nitrogens with zero attached hydrogens (tertiary/aromatic N) is 2. The molecule has 0 saturated heterocycles. The van der Waals surface area contributed by atoms with Crippen LogP contribution in [0.4, 0.5) is 0 Å². The maximum atomic E-state index is 13.7. The van der Waals surface area contributed by atoms with E-state index in [2.05, 4.69) is 25.4 Å². The number of fused-ring (bicyclic) bond motifs is 1. The van der Waals surface area contributed by atoms with Crippen molar-refractivity contribution in [2.45, 2.75) is 32.7 Å².